The van der Waals surface area contributed by atoms with E-state index in [9.17, 15) is 0 Å². The zero-order valence-corrected chi connectivity index (χ0v) is 11.5. The van der Waals surface area contributed by atoms with Crippen LogP contribution in [0.5, 0.6) is 0 Å². The van der Waals surface area contributed by atoms with E-state index in [4.69, 9.17) is 0 Å². The quantitative estimate of drug-likeness (QED) is 0.878. The Labute approximate surface area is 115 Å². The Morgan fingerprint density at radius 3 is 2.74 bits per heavy atom. The van der Waals surface area contributed by atoms with Crippen LogP contribution >= 0.6 is 0 Å². The first-order chi connectivity index (χ1) is 9.31. The molecule has 0 heterocycles. The van der Waals surface area contributed by atoms with E-state index >= 15 is 0 Å². The molecular formula is C18H21N. The smallest absolute Gasteiger partial charge is 0.0208 e. The Bertz CT molecular complexity index is 559. The van der Waals surface area contributed by atoms with Gasteiger partial charge in [0.1, 0.15) is 0 Å². The lowest BCUT2D eigenvalue weighted by Gasteiger charge is -2.25. The molecule has 3 rings (SSSR count). The van der Waals surface area contributed by atoms with Gasteiger partial charge in [-0.2, -0.15) is 0 Å². The number of fused-ring (bicyclic) bond motifs is 1. The maximum Gasteiger partial charge on any atom is 0.0208 e. The summed E-state index contributed by atoms with van der Waals surface area (Å²) >= 11 is 0. The fourth-order valence-electron chi connectivity index (χ4n) is 2.96. The van der Waals surface area contributed by atoms with Crippen LogP contribution < -0.4 is 5.32 Å². The molecule has 1 nitrogen and oxygen atoms in total. The van der Waals surface area contributed by atoms with Gasteiger partial charge < -0.3 is 5.32 Å². The summed E-state index contributed by atoms with van der Waals surface area (Å²) in [6, 6.07) is 18.2. The van der Waals surface area contributed by atoms with E-state index < -0.39 is 0 Å². The van der Waals surface area contributed by atoms with Crippen LogP contribution in [-0.2, 0) is 19.4 Å². The van der Waals surface area contributed by atoms with E-state index in [1.54, 1.807) is 0 Å². The molecule has 0 saturated heterocycles. The van der Waals surface area contributed by atoms with Crippen LogP contribution in [0.1, 0.15) is 28.7 Å². The highest BCUT2D eigenvalue weighted by atomic mass is 14.9. The van der Waals surface area contributed by atoms with Gasteiger partial charge in [-0.25, -0.2) is 0 Å². The first-order valence-electron chi connectivity index (χ1n) is 7.17. The van der Waals surface area contributed by atoms with Crippen molar-refractivity contribution >= 4 is 0 Å². The number of hydrogen-bond donors (Lipinski definition) is 1. The predicted molar refractivity (Wildman–Crippen MR) is 80.3 cm³/mol. The molecule has 1 N–H and O–H groups in total. The number of rotatable bonds is 3. The normalized spacial score (nSPS) is 18.1. The zero-order valence-electron chi connectivity index (χ0n) is 11.5. The van der Waals surface area contributed by atoms with Crippen LogP contribution in [0.3, 0.4) is 0 Å². The molecule has 0 saturated carbocycles. The lowest BCUT2D eigenvalue weighted by atomic mass is 9.88. The summed E-state index contributed by atoms with van der Waals surface area (Å²) in [7, 11) is 0. The second-order valence-electron chi connectivity index (χ2n) is 5.58. The van der Waals surface area contributed by atoms with E-state index in [-0.39, 0.29) is 0 Å². The van der Waals surface area contributed by atoms with Gasteiger partial charge in [0.15, 0.2) is 0 Å². The molecular weight excluding hydrogens is 230 g/mol. The van der Waals surface area contributed by atoms with Gasteiger partial charge in [0.2, 0.25) is 0 Å². The Morgan fingerprint density at radius 1 is 1.05 bits per heavy atom. The fraction of sp³-hybridized carbons (Fsp3) is 0.333. The van der Waals surface area contributed by atoms with Crippen molar-refractivity contribution in [2.45, 2.75) is 38.8 Å². The Kier molecular flexibility index (Phi) is 3.65. The summed E-state index contributed by atoms with van der Waals surface area (Å²) in [6.07, 6.45) is 3.63. The SMILES string of the molecule is Cc1cccc(CNC2CCc3ccccc3C2)c1. The van der Waals surface area contributed by atoms with Crippen LogP contribution in [0.15, 0.2) is 48.5 Å². The average molecular weight is 251 g/mol. The van der Waals surface area contributed by atoms with Gasteiger partial charge in [0.25, 0.3) is 0 Å². The third-order valence-electron chi connectivity index (χ3n) is 4.02. The minimum absolute atomic E-state index is 0.621. The summed E-state index contributed by atoms with van der Waals surface area (Å²) in [4.78, 5) is 0. The highest BCUT2D eigenvalue weighted by molar-refractivity contribution is 5.30. The van der Waals surface area contributed by atoms with Crippen LogP contribution in [0.25, 0.3) is 0 Å². The molecule has 1 unspecified atom stereocenters. The summed E-state index contributed by atoms with van der Waals surface area (Å²) in [5.74, 6) is 0. The molecule has 0 amide bonds. The third kappa shape index (κ3) is 3.05. The van der Waals surface area contributed by atoms with E-state index in [1.165, 1.54) is 41.5 Å². The van der Waals surface area contributed by atoms with Gasteiger partial charge in [0, 0.05) is 12.6 Å². The van der Waals surface area contributed by atoms with Crippen molar-refractivity contribution in [1.82, 2.24) is 5.32 Å². The van der Waals surface area contributed by atoms with Crippen LogP contribution in [0, 0.1) is 6.92 Å². The largest absolute Gasteiger partial charge is 0.310 e. The predicted octanol–water partition coefficient (Wildman–Crippen LogP) is 3.64. The van der Waals surface area contributed by atoms with Gasteiger partial charge in [-0.15, -0.1) is 0 Å². The van der Waals surface area contributed by atoms with Crippen molar-refractivity contribution in [3.63, 3.8) is 0 Å². The molecule has 98 valence electrons. The summed E-state index contributed by atoms with van der Waals surface area (Å²) in [5.41, 5.74) is 5.79. The van der Waals surface area contributed by atoms with Gasteiger partial charge >= 0.3 is 0 Å². The highest BCUT2D eigenvalue weighted by Gasteiger charge is 2.17. The van der Waals surface area contributed by atoms with E-state index in [1.807, 2.05) is 0 Å². The molecule has 0 spiro atoms. The van der Waals surface area contributed by atoms with Crippen molar-refractivity contribution in [2.24, 2.45) is 0 Å². The zero-order chi connectivity index (χ0) is 13.1. The van der Waals surface area contributed by atoms with E-state index in [0.29, 0.717) is 6.04 Å². The molecule has 0 aliphatic heterocycles. The van der Waals surface area contributed by atoms with Crippen LogP contribution in [0.4, 0.5) is 0 Å². The summed E-state index contributed by atoms with van der Waals surface area (Å²) in [5, 5.41) is 3.71. The maximum absolute atomic E-state index is 3.71. The summed E-state index contributed by atoms with van der Waals surface area (Å²) in [6.45, 7) is 3.13. The molecule has 1 atom stereocenters. The Hall–Kier alpha value is -1.60. The van der Waals surface area contributed by atoms with Crippen molar-refractivity contribution in [3.8, 4) is 0 Å². The summed E-state index contributed by atoms with van der Waals surface area (Å²) < 4.78 is 0. The number of benzene rings is 2. The number of hydrogen-bond acceptors (Lipinski definition) is 1. The van der Waals surface area contributed by atoms with Crippen molar-refractivity contribution < 1.29 is 0 Å². The number of aryl methyl sites for hydroxylation is 2. The first-order valence-corrected chi connectivity index (χ1v) is 7.17. The molecule has 19 heavy (non-hydrogen) atoms. The molecule has 2 aromatic carbocycles. The lowest BCUT2D eigenvalue weighted by Crippen LogP contribution is -2.34. The van der Waals surface area contributed by atoms with Crippen molar-refractivity contribution in [2.75, 3.05) is 0 Å². The number of nitrogens with one attached hydrogen (secondary N) is 1. The van der Waals surface area contributed by atoms with Crippen molar-refractivity contribution in [1.29, 1.82) is 0 Å². The molecule has 2 aromatic rings. The topological polar surface area (TPSA) is 12.0 Å². The van der Waals surface area contributed by atoms with Crippen LogP contribution in [-0.4, -0.2) is 6.04 Å². The lowest BCUT2D eigenvalue weighted by molar-refractivity contribution is 0.457. The monoisotopic (exact) mass is 251 g/mol. The Morgan fingerprint density at radius 2 is 1.89 bits per heavy atom. The van der Waals surface area contributed by atoms with Crippen LogP contribution in [0.2, 0.25) is 0 Å². The van der Waals surface area contributed by atoms with Crippen molar-refractivity contribution in [3.05, 3.63) is 70.8 Å². The van der Waals surface area contributed by atoms with Gasteiger partial charge in [-0.1, -0.05) is 54.1 Å². The third-order valence-corrected chi connectivity index (χ3v) is 4.02. The average Bonchev–Trinajstić information content (AvgIpc) is 2.45. The second-order valence-corrected chi connectivity index (χ2v) is 5.58. The van der Waals surface area contributed by atoms with Gasteiger partial charge in [-0.3, -0.25) is 0 Å². The molecule has 1 aliphatic rings. The second kappa shape index (κ2) is 5.58. The van der Waals surface area contributed by atoms with E-state index in [2.05, 4.69) is 60.8 Å². The molecule has 0 fully saturated rings. The molecule has 0 aromatic heterocycles. The Balaban J connectivity index is 1.61. The van der Waals surface area contributed by atoms with E-state index in [0.717, 1.165) is 6.54 Å². The van der Waals surface area contributed by atoms with Gasteiger partial charge in [0.05, 0.1) is 0 Å². The first kappa shape index (κ1) is 12.4. The minimum atomic E-state index is 0.621. The standard InChI is InChI=1S/C18H21N/c1-14-5-4-6-15(11-14)13-19-18-10-9-16-7-2-3-8-17(16)12-18/h2-8,11,18-19H,9-10,12-13H2,1H3. The molecule has 1 aliphatic carbocycles. The maximum atomic E-state index is 3.71. The minimum Gasteiger partial charge on any atom is -0.310 e. The highest BCUT2D eigenvalue weighted by Crippen LogP contribution is 2.21. The van der Waals surface area contributed by atoms with Gasteiger partial charge in [-0.05, 0) is 42.9 Å². The molecule has 0 bridgehead atoms. The molecule has 1 heteroatoms. The molecule has 0 radical (unpaired) electrons. The fourth-order valence-corrected chi connectivity index (χ4v) is 2.96.